The summed E-state index contributed by atoms with van der Waals surface area (Å²) in [5.41, 5.74) is 2.25. The standard InChI is InChI=1S/C14H23N3O3S/c1-12-11-15-4-3-14(12)13(2)16-5-10-21(18,19)17-6-8-20-9-7-17/h3-4,11,13,16H,5-10H2,1-2H3. The van der Waals surface area contributed by atoms with Gasteiger partial charge in [-0.15, -0.1) is 0 Å². The van der Waals surface area contributed by atoms with E-state index in [1.807, 2.05) is 26.1 Å². The quantitative estimate of drug-likeness (QED) is 0.837. The summed E-state index contributed by atoms with van der Waals surface area (Å²) >= 11 is 0. The Balaban J connectivity index is 1.84. The summed E-state index contributed by atoms with van der Waals surface area (Å²) in [5.74, 6) is 0.113. The van der Waals surface area contributed by atoms with Crippen LogP contribution >= 0.6 is 0 Å². The van der Waals surface area contributed by atoms with Crippen LogP contribution in [0.2, 0.25) is 0 Å². The van der Waals surface area contributed by atoms with Gasteiger partial charge in [0.15, 0.2) is 0 Å². The second-order valence-corrected chi connectivity index (χ2v) is 7.32. The smallest absolute Gasteiger partial charge is 0.215 e. The largest absolute Gasteiger partial charge is 0.379 e. The fraction of sp³-hybridized carbons (Fsp3) is 0.643. The number of sulfonamides is 1. The van der Waals surface area contributed by atoms with E-state index >= 15 is 0 Å². The molecule has 1 saturated heterocycles. The highest BCUT2D eigenvalue weighted by Crippen LogP contribution is 2.15. The predicted octanol–water partition coefficient (Wildman–Crippen LogP) is 0.703. The Morgan fingerprint density at radius 3 is 2.81 bits per heavy atom. The topological polar surface area (TPSA) is 71.5 Å². The number of hydrogen-bond acceptors (Lipinski definition) is 5. The van der Waals surface area contributed by atoms with Gasteiger partial charge < -0.3 is 10.1 Å². The number of aromatic nitrogens is 1. The fourth-order valence-corrected chi connectivity index (χ4v) is 3.78. The van der Waals surface area contributed by atoms with Crippen molar-refractivity contribution in [1.82, 2.24) is 14.6 Å². The maximum atomic E-state index is 12.2. The zero-order chi connectivity index (χ0) is 15.3. The lowest BCUT2D eigenvalue weighted by Crippen LogP contribution is -2.43. The van der Waals surface area contributed by atoms with E-state index in [0.717, 1.165) is 11.1 Å². The van der Waals surface area contributed by atoms with Crippen LogP contribution in [0.5, 0.6) is 0 Å². The molecule has 2 heterocycles. The molecule has 1 N–H and O–H groups in total. The number of nitrogens with zero attached hydrogens (tertiary/aromatic N) is 2. The molecule has 7 heteroatoms. The Hall–Kier alpha value is -1.02. The average Bonchev–Trinajstić information content (AvgIpc) is 2.48. The minimum absolute atomic E-state index is 0.105. The molecule has 1 aromatic rings. The molecular weight excluding hydrogens is 290 g/mol. The minimum atomic E-state index is -3.19. The van der Waals surface area contributed by atoms with Crippen molar-refractivity contribution in [1.29, 1.82) is 0 Å². The van der Waals surface area contributed by atoms with Crippen molar-refractivity contribution in [2.24, 2.45) is 0 Å². The molecule has 21 heavy (non-hydrogen) atoms. The third kappa shape index (κ3) is 4.47. The van der Waals surface area contributed by atoms with Crippen molar-refractivity contribution in [3.63, 3.8) is 0 Å². The second-order valence-electron chi connectivity index (χ2n) is 5.24. The SMILES string of the molecule is Cc1cnccc1C(C)NCCS(=O)(=O)N1CCOCC1. The van der Waals surface area contributed by atoms with E-state index in [1.165, 1.54) is 4.31 Å². The Morgan fingerprint density at radius 1 is 1.43 bits per heavy atom. The first-order valence-corrected chi connectivity index (χ1v) is 8.81. The molecule has 0 spiro atoms. The zero-order valence-electron chi connectivity index (χ0n) is 12.6. The van der Waals surface area contributed by atoms with Crippen LogP contribution in [0.15, 0.2) is 18.5 Å². The van der Waals surface area contributed by atoms with Crippen LogP contribution in [0.25, 0.3) is 0 Å². The first-order valence-electron chi connectivity index (χ1n) is 7.20. The maximum Gasteiger partial charge on any atom is 0.215 e. The van der Waals surface area contributed by atoms with Gasteiger partial charge in [0.25, 0.3) is 0 Å². The molecule has 0 amide bonds. The fourth-order valence-electron chi connectivity index (χ4n) is 2.44. The van der Waals surface area contributed by atoms with Gasteiger partial charge in [0.1, 0.15) is 0 Å². The van der Waals surface area contributed by atoms with Crippen LogP contribution < -0.4 is 5.32 Å². The van der Waals surface area contributed by atoms with Crippen LogP contribution in [-0.4, -0.2) is 56.3 Å². The van der Waals surface area contributed by atoms with E-state index in [4.69, 9.17) is 4.74 Å². The highest BCUT2D eigenvalue weighted by atomic mass is 32.2. The third-order valence-corrected chi connectivity index (χ3v) is 5.58. The normalized spacial score (nSPS) is 18.6. The van der Waals surface area contributed by atoms with Gasteiger partial charge in [-0.3, -0.25) is 4.98 Å². The van der Waals surface area contributed by atoms with Crippen LogP contribution in [0.1, 0.15) is 24.1 Å². The number of ether oxygens (including phenoxy) is 1. The summed E-state index contributed by atoms with van der Waals surface area (Å²) in [7, 11) is -3.19. The monoisotopic (exact) mass is 313 g/mol. The highest BCUT2D eigenvalue weighted by Gasteiger charge is 2.23. The number of rotatable bonds is 6. The van der Waals surface area contributed by atoms with Crippen molar-refractivity contribution in [2.75, 3.05) is 38.6 Å². The van der Waals surface area contributed by atoms with Crippen molar-refractivity contribution in [2.45, 2.75) is 19.9 Å². The van der Waals surface area contributed by atoms with Gasteiger partial charge in [0.2, 0.25) is 10.0 Å². The van der Waals surface area contributed by atoms with Crippen molar-refractivity contribution >= 4 is 10.0 Å². The van der Waals surface area contributed by atoms with Crippen LogP contribution in [-0.2, 0) is 14.8 Å². The van der Waals surface area contributed by atoms with Crippen molar-refractivity contribution in [3.05, 3.63) is 29.6 Å². The molecule has 6 nitrogen and oxygen atoms in total. The highest BCUT2D eigenvalue weighted by molar-refractivity contribution is 7.89. The zero-order valence-corrected chi connectivity index (χ0v) is 13.4. The van der Waals surface area contributed by atoms with Crippen LogP contribution in [0.4, 0.5) is 0 Å². The molecule has 0 aromatic carbocycles. The van der Waals surface area contributed by atoms with Gasteiger partial charge in [0.05, 0.1) is 19.0 Å². The molecule has 1 fully saturated rings. The molecule has 1 aliphatic heterocycles. The lowest BCUT2D eigenvalue weighted by molar-refractivity contribution is 0.0730. The number of aryl methyl sites for hydroxylation is 1. The van der Waals surface area contributed by atoms with Crippen LogP contribution in [0, 0.1) is 6.92 Å². The second kappa shape index (κ2) is 7.31. The van der Waals surface area contributed by atoms with E-state index < -0.39 is 10.0 Å². The summed E-state index contributed by atoms with van der Waals surface area (Å²) in [6.45, 7) is 6.36. The summed E-state index contributed by atoms with van der Waals surface area (Å²) < 4.78 is 31.1. The molecule has 2 rings (SSSR count). The Bertz CT molecular complexity index is 556. The molecule has 118 valence electrons. The average molecular weight is 313 g/mol. The van der Waals surface area contributed by atoms with Gasteiger partial charge in [-0.05, 0) is 31.0 Å². The number of pyridine rings is 1. The Kier molecular flexibility index (Phi) is 5.69. The molecule has 1 atom stereocenters. The van der Waals surface area contributed by atoms with E-state index in [1.54, 1.807) is 6.20 Å². The minimum Gasteiger partial charge on any atom is -0.379 e. The molecular formula is C14H23N3O3S. The molecule has 0 radical (unpaired) electrons. The molecule has 1 aromatic heterocycles. The van der Waals surface area contributed by atoms with Crippen molar-refractivity contribution in [3.8, 4) is 0 Å². The number of nitrogens with one attached hydrogen (secondary N) is 1. The van der Waals surface area contributed by atoms with E-state index in [-0.39, 0.29) is 11.8 Å². The Morgan fingerprint density at radius 2 is 2.14 bits per heavy atom. The van der Waals surface area contributed by atoms with E-state index in [9.17, 15) is 8.42 Å². The Labute approximate surface area is 126 Å². The molecule has 0 saturated carbocycles. The molecule has 1 aliphatic rings. The van der Waals surface area contributed by atoms with Gasteiger partial charge in [-0.25, -0.2) is 8.42 Å². The first kappa shape index (κ1) is 16.4. The van der Waals surface area contributed by atoms with E-state index in [2.05, 4.69) is 10.3 Å². The van der Waals surface area contributed by atoms with Gasteiger partial charge in [0, 0.05) is 38.1 Å². The lowest BCUT2D eigenvalue weighted by atomic mass is 10.1. The molecule has 0 bridgehead atoms. The van der Waals surface area contributed by atoms with Gasteiger partial charge in [-0.1, -0.05) is 0 Å². The van der Waals surface area contributed by atoms with Gasteiger partial charge >= 0.3 is 0 Å². The van der Waals surface area contributed by atoms with Crippen LogP contribution in [0.3, 0.4) is 0 Å². The lowest BCUT2D eigenvalue weighted by Gasteiger charge is -2.26. The molecule has 1 unspecified atom stereocenters. The first-order chi connectivity index (χ1) is 10.0. The summed E-state index contributed by atoms with van der Waals surface area (Å²) in [4.78, 5) is 4.07. The summed E-state index contributed by atoms with van der Waals surface area (Å²) in [5, 5.41) is 3.27. The summed E-state index contributed by atoms with van der Waals surface area (Å²) in [6.07, 6.45) is 3.57. The van der Waals surface area contributed by atoms with Crippen molar-refractivity contribution < 1.29 is 13.2 Å². The summed E-state index contributed by atoms with van der Waals surface area (Å²) in [6, 6.07) is 2.07. The molecule has 0 aliphatic carbocycles. The number of morpholine rings is 1. The van der Waals surface area contributed by atoms with Gasteiger partial charge in [-0.2, -0.15) is 4.31 Å². The third-order valence-electron chi connectivity index (χ3n) is 3.70. The maximum absolute atomic E-state index is 12.2. The van der Waals surface area contributed by atoms with E-state index in [0.29, 0.717) is 32.8 Å². The number of hydrogen-bond donors (Lipinski definition) is 1. The predicted molar refractivity (Wildman–Crippen MR) is 81.6 cm³/mol.